The lowest BCUT2D eigenvalue weighted by molar-refractivity contribution is -0.148. The highest BCUT2D eigenvalue weighted by molar-refractivity contribution is 5.82. The van der Waals surface area contributed by atoms with Gasteiger partial charge in [-0.25, -0.2) is 9.59 Å². The number of amides is 1. The molecule has 0 radical (unpaired) electrons. The van der Waals surface area contributed by atoms with Crippen molar-refractivity contribution in [2.45, 2.75) is 31.9 Å². The summed E-state index contributed by atoms with van der Waals surface area (Å²) in [6.45, 7) is 0.815. The van der Waals surface area contributed by atoms with Gasteiger partial charge in [-0.05, 0) is 18.4 Å². The van der Waals surface area contributed by atoms with Crippen LogP contribution in [-0.2, 0) is 20.9 Å². The number of hydrogen-bond acceptors (Lipinski definition) is 5. The molecule has 1 aliphatic rings. The molecule has 6 nitrogen and oxygen atoms in total. The Kier molecular flexibility index (Phi) is 6.21. The standard InChI is InChI=1S/C16H21NO5/c18-10-5-11-21-15(19)14-8-4-9-17(14)16(20)22-12-13-6-2-1-3-7-13/h1-3,6-7,14,18H,4-5,8-12H2/t14-/m0/s1. The Hall–Kier alpha value is -2.08. The molecule has 0 unspecified atom stereocenters. The topological polar surface area (TPSA) is 76.1 Å². The van der Waals surface area contributed by atoms with Gasteiger partial charge in [-0.2, -0.15) is 0 Å². The minimum absolute atomic E-state index is 0.0270. The molecular formula is C16H21NO5. The zero-order valence-corrected chi connectivity index (χ0v) is 12.4. The highest BCUT2D eigenvalue weighted by atomic mass is 16.6. The Morgan fingerprint density at radius 1 is 1.23 bits per heavy atom. The van der Waals surface area contributed by atoms with E-state index in [1.54, 1.807) is 0 Å². The van der Waals surface area contributed by atoms with Crippen molar-refractivity contribution in [2.75, 3.05) is 19.8 Å². The molecule has 22 heavy (non-hydrogen) atoms. The summed E-state index contributed by atoms with van der Waals surface area (Å²) in [6.07, 6.45) is 1.24. The number of benzene rings is 1. The van der Waals surface area contributed by atoms with E-state index in [0.717, 1.165) is 12.0 Å². The molecule has 0 aromatic heterocycles. The third-order valence-electron chi connectivity index (χ3n) is 3.51. The van der Waals surface area contributed by atoms with E-state index in [1.807, 2.05) is 30.3 Å². The van der Waals surface area contributed by atoms with Crippen molar-refractivity contribution in [1.29, 1.82) is 0 Å². The Bertz CT molecular complexity index is 491. The van der Waals surface area contributed by atoms with E-state index in [0.29, 0.717) is 19.4 Å². The van der Waals surface area contributed by atoms with E-state index in [2.05, 4.69) is 0 Å². The number of carbonyl (C=O) groups is 2. The van der Waals surface area contributed by atoms with Crippen molar-refractivity contribution < 1.29 is 24.2 Å². The molecule has 1 heterocycles. The molecule has 1 aromatic carbocycles. The largest absolute Gasteiger partial charge is 0.464 e. The first-order chi connectivity index (χ1) is 10.7. The fraction of sp³-hybridized carbons (Fsp3) is 0.500. The zero-order valence-electron chi connectivity index (χ0n) is 12.4. The molecule has 0 spiro atoms. The molecule has 1 fully saturated rings. The number of aliphatic hydroxyl groups is 1. The van der Waals surface area contributed by atoms with Crippen LogP contribution in [-0.4, -0.2) is 47.9 Å². The Morgan fingerprint density at radius 3 is 2.73 bits per heavy atom. The van der Waals surface area contributed by atoms with Crippen LogP contribution < -0.4 is 0 Å². The van der Waals surface area contributed by atoms with Crippen molar-refractivity contribution in [1.82, 2.24) is 4.90 Å². The summed E-state index contributed by atoms with van der Waals surface area (Å²) < 4.78 is 10.3. The summed E-state index contributed by atoms with van der Waals surface area (Å²) in [6, 6.07) is 8.81. The van der Waals surface area contributed by atoms with Crippen LogP contribution in [0.3, 0.4) is 0 Å². The molecule has 0 aliphatic carbocycles. The second-order valence-electron chi connectivity index (χ2n) is 5.14. The number of aliphatic hydroxyl groups excluding tert-OH is 1. The van der Waals surface area contributed by atoms with E-state index in [1.165, 1.54) is 4.90 Å². The summed E-state index contributed by atoms with van der Waals surface area (Å²) in [5, 5.41) is 8.69. The number of esters is 1. The molecule has 120 valence electrons. The molecule has 6 heteroatoms. The quantitative estimate of drug-likeness (QED) is 0.639. The lowest BCUT2D eigenvalue weighted by atomic mass is 10.2. The van der Waals surface area contributed by atoms with Crippen molar-refractivity contribution in [2.24, 2.45) is 0 Å². The first kappa shape index (κ1) is 16.3. The number of rotatable bonds is 6. The summed E-state index contributed by atoms with van der Waals surface area (Å²) in [5.41, 5.74) is 0.900. The Balaban J connectivity index is 1.84. The van der Waals surface area contributed by atoms with Crippen molar-refractivity contribution in [3.05, 3.63) is 35.9 Å². The van der Waals surface area contributed by atoms with E-state index < -0.39 is 18.1 Å². The number of carbonyl (C=O) groups excluding carboxylic acids is 2. The van der Waals surface area contributed by atoms with Crippen molar-refractivity contribution in [3.63, 3.8) is 0 Å². The SMILES string of the molecule is O=C(OCCCO)[C@@H]1CCCN1C(=O)OCc1ccccc1. The van der Waals surface area contributed by atoms with Gasteiger partial charge in [-0.15, -0.1) is 0 Å². The molecule has 0 bridgehead atoms. The highest BCUT2D eigenvalue weighted by Crippen LogP contribution is 2.20. The van der Waals surface area contributed by atoms with E-state index in [-0.39, 0.29) is 19.8 Å². The molecule has 1 saturated heterocycles. The van der Waals surface area contributed by atoms with E-state index in [4.69, 9.17) is 14.6 Å². The Morgan fingerprint density at radius 2 is 2.00 bits per heavy atom. The van der Waals surface area contributed by atoms with Gasteiger partial charge in [-0.3, -0.25) is 4.90 Å². The molecule has 1 aliphatic heterocycles. The molecule has 0 saturated carbocycles. The molecule has 1 atom stereocenters. The van der Waals surface area contributed by atoms with Gasteiger partial charge in [0.25, 0.3) is 0 Å². The van der Waals surface area contributed by atoms with Gasteiger partial charge in [0.1, 0.15) is 12.6 Å². The van der Waals surface area contributed by atoms with Gasteiger partial charge < -0.3 is 14.6 Å². The molecule has 1 amide bonds. The summed E-state index contributed by atoms with van der Waals surface area (Å²) >= 11 is 0. The Labute approximate surface area is 129 Å². The maximum absolute atomic E-state index is 12.1. The predicted octanol–water partition coefficient (Wildman–Crippen LogP) is 1.71. The van der Waals surface area contributed by atoms with Gasteiger partial charge in [0.2, 0.25) is 0 Å². The van der Waals surface area contributed by atoms with Crippen molar-refractivity contribution in [3.8, 4) is 0 Å². The normalized spacial score (nSPS) is 17.3. The minimum Gasteiger partial charge on any atom is -0.464 e. The monoisotopic (exact) mass is 307 g/mol. The number of ether oxygens (including phenoxy) is 2. The number of nitrogens with zero attached hydrogens (tertiary/aromatic N) is 1. The van der Waals surface area contributed by atoms with Gasteiger partial charge in [-0.1, -0.05) is 30.3 Å². The summed E-state index contributed by atoms with van der Waals surface area (Å²) in [4.78, 5) is 25.5. The predicted molar refractivity (Wildman–Crippen MR) is 79.0 cm³/mol. The zero-order chi connectivity index (χ0) is 15.8. The van der Waals surface area contributed by atoms with Crippen LogP contribution in [0.2, 0.25) is 0 Å². The van der Waals surface area contributed by atoms with Gasteiger partial charge in [0.05, 0.1) is 6.61 Å². The number of hydrogen-bond donors (Lipinski definition) is 1. The molecule has 1 aromatic rings. The summed E-state index contributed by atoms with van der Waals surface area (Å²) in [7, 11) is 0. The lowest BCUT2D eigenvalue weighted by Gasteiger charge is -2.22. The first-order valence-electron chi connectivity index (χ1n) is 7.47. The van der Waals surface area contributed by atoms with Gasteiger partial charge >= 0.3 is 12.1 Å². The first-order valence-corrected chi connectivity index (χ1v) is 7.47. The maximum Gasteiger partial charge on any atom is 0.410 e. The molecule has 1 N–H and O–H groups in total. The highest BCUT2D eigenvalue weighted by Gasteiger charge is 2.36. The van der Waals surface area contributed by atoms with Crippen LogP contribution in [0.4, 0.5) is 4.79 Å². The average molecular weight is 307 g/mol. The van der Waals surface area contributed by atoms with Gasteiger partial charge in [0, 0.05) is 19.6 Å². The van der Waals surface area contributed by atoms with Crippen LogP contribution in [0.1, 0.15) is 24.8 Å². The van der Waals surface area contributed by atoms with Crippen LogP contribution in [0.25, 0.3) is 0 Å². The van der Waals surface area contributed by atoms with Crippen LogP contribution in [0.5, 0.6) is 0 Å². The van der Waals surface area contributed by atoms with Crippen molar-refractivity contribution >= 4 is 12.1 Å². The minimum atomic E-state index is -0.582. The van der Waals surface area contributed by atoms with Crippen LogP contribution in [0, 0.1) is 0 Å². The number of likely N-dealkylation sites (tertiary alicyclic amines) is 1. The van der Waals surface area contributed by atoms with E-state index in [9.17, 15) is 9.59 Å². The molecular weight excluding hydrogens is 286 g/mol. The van der Waals surface area contributed by atoms with Gasteiger partial charge in [0.15, 0.2) is 0 Å². The lowest BCUT2D eigenvalue weighted by Crippen LogP contribution is -2.41. The third-order valence-corrected chi connectivity index (χ3v) is 3.51. The van der Waals surface area contributed by atoms with Crippen LogP contribution in [0.15, 0.2) is 30.3 Å². The van der Waals surface area contributed by atoms with E-state index >= 15 is 0 Å². The third kappa shape index (κ3) is 4.46. The smallest absolute Gasteiger partial charge is 0.410 e. The fourth-order valence-electron chi connectivity index (χ4n) is 2.37. The second kappa shape index (κ2) is 8.38. The fourth-order valence-corrected chi connectivity index (χ4v) is 2.37. The average Bonchev–Trinajstić information content (AvgIpc) is 3.03. The van der Waals surface area contributed by atoms with Crippen LogP contribution >= 0.6 is 0 Å². The summed E-state index contributed by atoms with van der Waals surface area (Å²) in [5.74, 6) is -0.428. The molecule has 2 rings (SSSR count). The second-order valence-corrected chi connectivity index (χ2v) is 5.14. The maximum atomic E-state index is 12.1.